The molecule has 0 saturated heterocycles. The zero-order chi connectivity index (χ0) is 9.26. The molecule has 0 aliphatic heterocycles. The van der Waals surface area contributed by atoms with Crippen molar-refractivity contribution in [3.8, 4) is 11.1 Å². The molecule has 4 heteroatoms. The maximum absolute atomic E-state index is 5.72. The van der Waals surface area contributed by atoms with Crippen molar-refractivity contribution in [2.24, 2.45) is 7.05 Å². The van der Waals surface area contributed by atoms with Crippen LogP contribution in [0.4, 0.5) is 0 Å². The third-order valence-electron chi connectivity index (χ3n) is 1.85. The van der Waals surface area contributed by atoms with Gasteiger partial charge in [0, 0.05) is 36.8 Å². The first-order valence-corrected chi connectivity index (χ1v) is 3.97. The van der Waals surface area contributed by atoms with Crippen molar-refractivity contribution in [3.05, 3.63) is 30.7 Å². The molecule has 13 heavy (non-hydrogen) atoms. The first-order chi connectivity index (χ1) is 6.27. The molecule has 0 atom stereocenters. The van der Waals surface area contributed by atoms with Gasteiger partial charge in [-0.1, -0.05) is 0 Å². The van der Waals surface area contributed by atoms with E-state index in [-0.39, 0.29) is 0 Å². The number of hydrogen-bond acceptors (Lipinski definition) is 2. The van der Waals surface area contributed by atoms with Gasteiger partial charge in [-0.2, -0.15) is 5.10 Å². The molecule has 0 aliphatic rings. The van der Waals surface area contributed by atoms with Gasteiger partial charge in [-0.05, 0) is 17.7 Å². The summed E-state index contributed by atoms with van der Waals surface area (Å²) in [6, 6.07) is 3.82. The van der Waals surface area contributed by atoms with Gasteiger partial charge in [-0.3, -0.25) is 9.67 Å². The van der Waals surface area contributed by atoms with Gasteiger partial charge in [0.1, 0.15) is 7.85 Å². The predicted octanol–water partition coefficient (Wildman–Crippen LogP) is 0.276. The molecule has 0 bridgehead atoms. The summed E-state index contributed by atoms with van der Waals surface area (Å²) in [6.45, 7) is 0. The summed E-state index contributed by atoms with van der Waals surface area (Å²) in [7, 11) is 7.57. The van der Waals surface area contributed by atoms with E-state index in [1.54, 1.807) is 17.1 Å². The fourth-order valence-corrected chi connectivity index (χ4v) is 1.26. The zero-order valence-electron chi connectivity index (χ0n) is 7.31. The zero-order valence-corrected chi connectivity index (χ0v) is 7.31. The summed E-state index contributed by atoms with van der Waals surface area (Å²) in [5, 5.41) is 4.06. The van der Waals surface area contributed by atoms with E-state index in [0.717, 1.165) is 11.1 Å². The molecule has 2 rings (SSSR count). The Morgan fingerprint density at radius 2 is 2.00 bits per heavy atom. The molecule has 0 aromatic carbocycles. The molecule has 0 spiro atoms. The molecule has 2 heterocycles. The largest absolute Gasteiger partial charge is 0.276 e. The van der Waals surface area contributed by atoms with E-state index in [1.165, 1.54) is 0 Å². The van der Waals surface area contributed by atoms with Gasteiger partial charge in [-0.25, -0.2) is 0 Å². The first-order valence-electron chi connectivity index (χ1n) is 3.97. The van der Waals surface area contributed by atoms with Crippen LogP contribution in [0, 0.1) is 0 Å². The van der Waals surface area contributed by atoms with Crippen molar-refractivity contribution >= 4 is 13.4 Å². The Labute approximate surface area is 77.8 Å². The first kappa shape index (κ1) is 8.04. The van der Waals surface area contributed by atoms with Crippen molar-refractivity contribution in [2.45, 2.75) is 0 Å². The van der Waals surface area contributed by atoms with E-state index in [1.807, 2.05) is 25.4 Å². The van der Waals surface area contributed by atoms with Crippen LogP contribution >= 0.6 is 0 Å². The van der Waals surface area contributed by atoms with Crippen molar-refractivity contribution in [1.29, 1.82) is 0 Å². The lowest BCUT2D eigenvalue weighted by atomic mass is 9.96. The van der Waals surface area contributed by atoms with Gasteiger partial charge in [0.15, 0.2) is 0 Å². The topological polar surface area (TPSA) is 30.7 Å². The minimum atomic E-state index is 0.550. The minimum Gasteiger partial charge on any atom is -0.276 e. The predicted molar refractivity (Wildman–Crippen MR) is 51.8 cm³/mol. The number of hydrogen-bond donors (Lipinski definition) is 0. The number of rotatable bonds is 1. The van der Waals surface area contributed by atoms with E-state index in [4.69, 9.17) is 7.85 Å². The van der Waals surface area contributed by atoms with Crippen LogP contribution in [0.2, 0.25) is 0 Å². The van der Waals surface area contributed by atoms with Crippen molar-refractivity contribution in [1.82, 2.24) is 14.8 Å². The fraction of sp³-hybridized carbons (Fsp3) is 0.111. The highest BCUT2D eigenvalue weighted by atomic mass is 15.2. The fourth-order valence-electron chi connectivity index (χ4n) is 1.26. The summed E-state index contributed by atoms with van der Waals surface area (Å²) in [5.41, 5.74) is 2.54. The summed E-state index contributed by atoms with van der Waals surface area (Å²) < 4.78 is 1.70. The van der Waals surface area contributed by atoms with E-state index in [0.29, 0.717) is 5.59 Å². The second kappa shape index (κ2) is 3.05. The van der Waals surface area contributed by atoms with Crippen molar-refractivity contribution in [2.75, 3.05) is 0 Å². The quantitative estimate of drug-likeness (QED) is 0.574. The highest BCUT2D eigenvalue weighted by Crippen LogP contribution is 2.13. The Morgan fingerprint density at radius 1 is 1.31 bits per heavy atom. The van der Waals surface area contributed by atoms with Gasteiger partial charge < -0.3 is 0 Å². The number of aryl methyl sites for hydroxylation is 1. The average Bonchev–Trinajstić information content (AvgIpc) is 2.47. The van der Waals surface area contributed by atoms with E-state index < -0.39 is 0 Å². The SMILES string of the molecule is [B]c1nn(C)cc1-c1ccncc1. The molecule has 3 nitrogen and oxygen atoms in total. The van der Waals surface area contributed by atoms with Gasteiger partial charge >= 0.3 is 0 Å². The molecular weight excluding hydrogens is 161 g/mol. The molecule has 0 fully saturated rings. The molecule has 0 amide bonds. The summed E-state index contributed by atoms with van der Waals surface area (Å²) in [5.74, 6) is 0. The molecule has 0 N–H and O–H groups in total. The average molecular weight is 169 g/mol. The molecule has 2 radical (unpaired) electrons. The molecule has 2 aromatic rings. The Balaban J connectivity index is 2.53. The van der Waals surface area contributed by atoms with E-state index >= 15 is 0 Å². The molecule has 0 aliphatic carbocycles. The molecule has 0 unspecified atom stereocenters. The van der Waals surface area contributed by atoms with Crippen LogP contribution in [-0.2, 0) is 7.05 Å². The maximum atomic E-state index is 5.72. The van der Waals surface area contributed by atoms with E-state index in [2.05, 4.69) is 10.1 Å². The Bertz CT molecular complexity index is 408. The van der Waals surface area contributed by atoms with Crippen LogP contribution in [-0.4, -0.2) is 22.6 Å². The second-order valence-electron chi connectivity index (χ2n) is 2.84. The van der Waals surface area contributed by atoms with E-state index in [9.17, 15) is 0 Å². The summed E-state index contributed by atoms with van der Waals surface area (Å²) in [4.78, 5) is 3.94. The molecule has 2 aromatic heterocycles. The van der Waals surface area contributed by atoms with Crippen molar-refractivity contribution in [3.63, 3.8) is 0 Å². The Hall–Kier alpha value is -1.58. The molecule has 0 saturated carbocycles. The van der Waals surface area contributed by atoms with Gasteiger partial charge in [0.2, 0.25) is 0 Å². The standard InChI is InChI=1S/C9H8BN3/c1-13-6-8(9(10)12-13)7-2-4-11-5-3-7/h2-6H,1H3. The Kier molecular flexibility index (Phi) is 1.89. The van der Waals surface area contributed by atoms with Crippen LogP contribution in [0.25, 0.3) is 11.1 Å². The third kappa shape index (κ3) is 1.47. The Morgan fingerprint density at radius 3 is 2.54 bits per heavy atom. The van der Waals surface area contributed by atoms with Crippen LogP contribution in [0.1, 0.15) is 0 Å². The number of aromatic nitrogens is 3. The van der Waals surface area contributed by atoms with Crippen LogP contribution < -0.4 is 5.59 Å². The highest BCUT2D eigenvalue weighted by molar-refractivity contribution is 6.34. The van der Waals surface area contributed by atoms with Crippen molar-refractivity contribution < 1.29 is 0 Å². The summed E-state index contributed by atoms with van der Waals surface area (Å²) in [6.07, 6.45) is 5.37. The number of nitrogens with zero attached hydrogens (tertiary/aromatic N) is 3. The highest BCUT2D eigenvalue weighted by Gasteiger charge is 2.03. The normalized spacial score (nSPS) is 10.2. The number of pyridine rings is 1. The van der Waals surface area contributed by atoms with Crippen LogP contribution in [0.5, 0.6) is 0 Å². The molecular formula is C9H8BN3. The maximum Gasteiger partial charge on any atom is 0.145 e. The minimum absolute atomic E-state index is 0.550. The molecule has 62 valence electrons. The smallest absolute Gasteiger partial charge is 0.145 e. The lowest BCUT2D eigenvalue weighted by molar-refractivity contribution is 0.776. The van der Waals surface area contributed by atoms with Crippen LogP contribution in [0.3, 0.4) is 0 Å². The van der Waals surface area contributed by atoms with Crippen LogP contribution in [0.15, 0.2) is 30.7 Å². The lowest BCUT2D eigenvalue weighted by Gasteiger charge is -1.96. The monoisotopic (exact) mass is 169 g/mol. The van der Waals surface area contributed by atoms with Gasteiger partial charge in [0.05, 0.1) is 0 Å². The summed E-state index contributed by atoms with van der Waals surface area (Å²) >= 11 is 0. The van der Waals surface area contributed by atoms with Gasteiger partial charge in [-0.15, -0.1) is 0 Å². The lowest BCUT2D eigenvalue weighted by Crippen LogP contribution is -2.07. The second-order valence-corrected chi connectivity index (χ2v) is 2.84. The third-order valence-corrected chi connectivity index (χ3v) is 1.85. The van der Waals surface area contributed by atoms with Gasteiger partial charge in [0.25, 0.3) is 0 Å².